The first-order valence-corrected chi connectivity index (χ1v) is 10.5. The predicted octanol–water partition coefficient (Wildman–Crippen LogP) is 4.19. The Morgan fingerprint density at radius 3 is 2.79 bits per heavy atom. The van der Waals surface area contributed by atoms with Gasteiger partial charge in [-0.1, -0.05) is 0 Å². The van der Waals surface area contributed by atoms with Crippen molar-refractivity contribution in [1.29, 1.82) is 0 Å². The van der Waals surface area contributed by atoms with E-state index in [1.807, 2.05) is 42.7 Å². The number of aromatic nitrogens is 3. The quantitative estimate of drug-likeness (QED) is 0.214. The van der Waals surface area contributed by atoms with Gasteiger partial charge in [0.2, 0.25) is 0 Å². The van der Waals surface area contributed by atoms with Crippen molar-refractivity contribution in [3.05, 3.63) is 53.3 Å². The standard InChI is InChI=1S/C17H12ClN3OSSe/c1-23-17-20-15(22-9-10-5-3-2-4-6-10)12-11-7-8-19-14(18)13(11)24-16(12)21-17/h2-8H,9H2,1H3. The molecule has 0 saturated heterocycles. The van der Waals surface area contributed by atoms with Gasteiger partial charge in [-0.25, -0.2) is 0 Å². The molecule has 4 aromatic rings. The molecule has 7 heteroatoms. The third-order valence-corrected chi connectivity index (χ3v) is 6.96. The fourth-order valence-corrected chi connectivity index (χ4v) is 5.47. The molecule has 0 unspecified atom stereocenters. The van der Waals surface area contributed by atoms with Crippen LogP contribution in [-0.4, -0.2) is 35.7 Å². The first-order valence-electron chi connectivity index (χ1n) is 7.21. The number of nitrogens with zero attached hydrogens (tertiary/aromatic N) is 3. The van der Waals surface area contributed by atoms with Crippen LogP contribution in [0.25, 0.3) is 19.4 Å². The zero-order chi connectivity index (χ0) is 16.5. The monoisotopic (exact) mass is 421 g/mol. The first-order chi connectivity index (χ1) is 11.8. The minimum absolute atomic E-state index is 0.0221. The number of pyridine rings is 1. The van der Waals surface area contributed by atoms with E-state index in [2.05, 4.69) is 15.0 Å². The van der Waals surface area contributed by atoms with E-state index in [4.69, 9.17) is 16.3 Å². The van der Waals surface area contributed by atoms with Crippen molar-refractivity contribution in [3.8, 4) is 5.88 Å². The third-order valence-electron chi connectivity index (χ3n) is 3.55. The van der Waals surface area contributed by atoms with E-state index in [1.165, 1.54) is 11.8 Å². The summed E-state index contributed by atoms with van der Waals surface area (Å²) in [6.07, 6.45) is 3.68. The Bertz CT molecular complexity index is 1020. The SMILES string of the molecule is CSc1nc(OCc2ccccc2)c2c(n1)[se]c1c(Cl)nccc12. The fourth-order valence-electron chi connectivity index (χ4n) is 2.44. The molecule has 4 nitrogen and oxygen atoms in total. The Hall–Kier alpha value is -1.59. The average Bonchev–Trinajstić information content (AvgIpc) is 3.00. The van der Waals surface area contributed by atoms with Gasteiger partial charge in [0.05, 0.1) is 0 Å². The molecule has 0 aliphatic heterocycles. The van der Waals surface area contributed by atoms with Crippen LogP contribution < -0.4 is 4.74 Å². The summed E-state index contributed by atoms with van der Waals surface area (Å²) in [6.45, 7) is 0.471. The maximum absolute atomic E-state index is 6.27. The van der Waals surface area contributed by atoms with Gasteiger partial charge >= 0.3 is 154 Å². The van der Waals surface area contributed by atoms with Crippen molar-refractivity contribution in [2.45, 2.75) is 11.8 Å². The van der Waals surface area contributed by atoms with Crippen LogP contribution in [0.5, 0.6) is 5.88 Å². The summed E-state index contributed by atoms with van der Waals surface area (Å²) in [6, 6.07) is 12.0. The van der Waals surface area contributed by atoms with Gasteiger partial charge in [0, 0.05) is 0 Å². The summed E-state index contributed by atoms with van der Waals surface area (Å²) < 4.78 is 8.12. The van der Waals surface area contributed by atoms with Crippen molar-refractivity contribution < 1.29 is 4.74 Å². The van der Waals surface area contributed by atoms with Crippen LogP contribution in [0.3, 0.4) is 0 Å². The second-order valence-electron chi connectivity index (χ2n) is 5.05. The molecule has 0 atom stereocenters. The average molecular weight is 421 g/mol. The summed E-state index contributed by atoms with van der Waals surface area (Å²) in [4.78, 5) is 13.4. The van der Waals surface area contributed by atoms with E-state index < -0.39 is 0 Å². The Morgan fingerprint density at radius 2 is 2.00 bits per heavy atom. The van der Waals surface area contributed by atoms with Gasteiger partial charge in [-0.2, -0.15) is 0 Å². The van der Waals surface area contributed by atoms with Crippen LogP contribution >= 0.6 is 23.4 Å². The van der Waals surface area contributed by atoms with E-state index in [0.717, 1.165) is 30.1 Å². The molecule has 0 spiro atoms. The molecule has 0 amide bonds. The van der Waals surface area contributed by atoms with Crippen LogP contribution in [0.1, 0.15) is 5.56 Å². The summed E-state index contributed by atoms with van der Waals surface area (Å²) in [5.74, 6) is 0.621. The number of rotatable bonds is 4. The van der Waals surface area contributed by atoms with Crippen LogP contribution in [-0.2, 0) is 6.61 Å². The molecular formula is C17H12ClN3OSSe. The van der Waals surface area contributed by atoms with Crippen molar-refractivity contribution in [3.63, 3.8) is 0 Å². The Labute approximate surface area is 154 Å². The molecule has 3 heterocycles. The second-order valence-corrected chi connectivity index (χ2v) is 8.28. The van der Waals surface area contributed by atoms with Crippen LogP contribution in [0.15, 0.2) is 47.8 Å². The van der Waals surface area contributed by atoms with Gasteiger partial charge in [0.15, 0.2) is 0 Å². The predicted molar refractivity (Wildman–Crippen MR) is 99.3 cm³/mol. The Kier molecular flexibility index (Phi) is 4.46. The number of thioether (sulfide) groups is 1. The Balaban J connectivity index is 1.85. The molecule has 0 aliphatic rings. The summed E-state index contributed by atoms with van der Waals surface area (Å²) in [5.41, 5.74) is 1.10. The van der Waals surface area contributed by atoms with E-state index in [1.54, 1.807) is 6.20 Å². The Morgan fingerprint density at radius 1 is 1.17 bits per heavy atom. The normalized spacial score (nSPS) is 11.2. The number of halogens is 1. The second kappa shape index (κ2) is 6.73. The number of hydrogen-bond donors (Lipinski definition) is 0. The zero-order valence-corrected chi connectivity index (χ0v) is 16.0. The molecule has 0 bridgehead atoms. The van der Waals surface area contributed by atoms with E-state index in [-0.39, 0.29) is 14.5 Å². The topological polar surface area (TPSA) is 47.9 Å². The van der Waals surface area contributed by atoms with Crippen molar-refractivity contribution in [2.24, 2.45) is 0 Å². The molecular weight excluding hydrogens is 409 g/mol. The molecule has 4 rings (SSSR count). The third kappa shape index (κ3) is 2.91. The first kappa shape index (κ1) is 15.9. The van der Waals surface area contributed by atoms with Gasteiger partial charge in [0.25, 0.3) is 0 Å². The van der Waals surface area contributed by atoms with E-state index >= 15 is 0 Å². The number of benzene rings is 1. The number of hydrogen-bond acceptors (Lipinski definition) is 5. The van der Waals surface area contributed by atoms with E-state index in [9.17, 15) is 0 Å². The number of fused-ring (bicyclic) bond motifs is 3. The summed E-state index contributed by atoms with van der Waals surface area (Å²) >= 11 is 7.80. The zero-order valence-electron chi connectivity index (χ0n) is 12.7. The van der Waals surface area contributed by atoms with Gasteiger partial charge in [0.1, 0.15) is 0 Å². The molecule has 0 fully saturated rings. The van der Waals surface area contributed by atoms with Crippen LogP contribution in [0, 0.1) is 0 Å². The van der Waals surface area contributed by atoms with Gasteiger partial charge < -0.3 is 0 Å². The van der Waals surface area contributed by atoms with Gasteiger partial charge in [-0.05, 0) is 0 Å². The molecule has 0 aliphatic carbocycles. The number of ether oxygens (including phenoxy) is 1. The fraction of sp³-hybridized carbons (Fsp3) is 0.118. The van der Waals surface area contributed by atoms with Crippen molar-refractivity contribution >= 4 is 57.3 Å². The van der Waals surface area contributed by atoms with Crippen LogP contribution in [0.4, 0.5) is 0 Å². The van der Waals surface area contributed by atoms with E-state index in [0.29, 0.717) is 17.6 Å². The minimum atomic E-state index is 0.0221. The molecule has 0 radical (unpaired) electrons. The van der Waals surface area contributed by atoms with Gasteiger partial charge in [-0.15, -0.1) is 0 Å². The molecule has 120 valence electrons. The molecule has 3 aromatic heterocycles. The molecule has 0 saturated carbocycles. The molecule has 24 heavy (non-hydrogen) atoms. The summed E-state index contributed by atoms with van der Waals surface area (Å²) in [7, 11) is 0. The molecule has 0 N–H and O–H groups in total. The summed E-state index contributed by atoms with van der Waals surface area (Å²) in [5, 5.41) is 3.27. The van der Waals surface area contributed by atoms with Crippen molar-refractivity contribution in [1.82, 2.24) is 15.0 Å². The molecule has 1 aromatic carbocycles. The van der Waals surface area contributed by atoms with Gasteiger partial charge in [-0.3, -0.25) is 0 Å². The van der Waals surface area contributed by atoms with Crippen LogP contribution in [0.2, 0.25) is 5.15 Å². The van der Waals surface area contributed by atoms with Crippen molar-refractivity contribution in [2.75, 3.05) is 6.26 Å². The maximum atomic E-state index is 6.27.